The molecule has 5 rings (SSSR count). The minimum Gasteiger partial charge on any atom is -0.507 e. The number of sulfonamides is 1. The molecule has 0 saturated heterocycles. The lowest BCUT2D eigenvalue weighted by molar-refractivity contribution is -0.182. The largest absolute Gasteiger partial charge is 0.507 e. The summed E-state index contributed by atoms with van der Waals surface area (Å²) in [6.07, 6.45) is 1.28. The quantitative estimate of drug-likeness (QED) is 0.344. The van der Waals surface area contributed by atoms with Crippen molar-refractivity contribution < 1.29 is 47.0 Å². The van der Waals surface area contributed by atoms with Crippen molar-refractivity contribution in [1.82, 2.24) is 4.72 Å². The summed E-state index contributed by atoms with van der Waals surface area (Å²) >= 11 is 0. The fourth-order valence-corrected chi connectivity index (χ4v) is 8.68. The predicted molar refractivity (Wildman–Crippen MR) is 144 cm³/mol. The molecule has 6 atom stereocenters. The van der Waals surface area contributed by atoms with E-state index >= 15 is 0 Å². The predicted octanol–water partition coefficient (Wildman–Crippen LogP) is 0.897. The molecule has 1 heterocycles. The van der Waals surface area contributed by atoms with E-state index in [1.165, 1.54) is 25.3 Å². The van der Waals surface area contributed by atoms with Crippen molar-refractivity contribution in [3.05, 3.63) is 46.4 Å². The summed E-state index contributed by atoms with van der Waals surface area (Å²) < 4.78 is 33.8. The van der Waals surface area contributed by atoms with Gasteiger partial charge in [0.2, 0.25) is 15.9 Å². The topological polar surface area (TPSA) is 211 Å². The molecule has 0 bridgehead atoms. The van der Waals surface area contributed by atoms with Crippen molar-refractivity contribution in [1.29, 1.82) is 0 Å². The molecule has 1 aromatic heterocycles. The van der Waals surface area contributed by atoms with E-state index in [1.54, 1.807) is 20.8 Å². The minimum absolute atomic E-state index is 0.0101. The molecule has 2 fully saturated rings. The maximum absolute atomic E-state index is 13.9. The third-order valence-electron chi connectivity index (χ3n) is 9.10. The third kappa shape index (κ3) is 4.16. The highest BCUT2D eigenvalue weighted by Gasteiger charge is 2.69. The van der Waals surface area contributed by atoms with E-state index in [0.29, 0.717) is 16.7 Å². The number of aromatic hydroxyl groups is 1. The van der Waals surface area contributed by atoms with Gasteiger partial charge in [-0.3, -0.25) is 24.0 Å². The van der Waals surface area contributed by atoms with E-state index in [9.17, 15) is 42.6 Å². The van der Waals surface area contributed by atoms with Gasteiger partial charge in [0.25, 0.3) is 0 Å². The van der Waals surface area contributed by atoms with E-state index in [0.717, 1.165) is 0 Å². The number of Topliss-reactive ketones (excluding diaryl/α,β-unsaturated/α-hetero) is 4. The number of ketones is 4. The molecular formula is C29H32N2O10S. The van der Waals surface area contributed by atoms with Crippen molar-refractivity contribution in [3.63, 3.8) is 0 Å². The van der Waals surface area contributed by atoms with Gasteiger partial charge in [0.1, 0.15) is 16.4 Å². The maximum atomic E-state index is 13.9. The first-order valence-electron chi connectivity index (χ1n) is 13.6. The number of hydrogen-bond donors (Lipinski definition) is 4. The Morgan fingerprint density at radius 1 is 1.17 bits per heavy atom. The first kappa shape index (κ1) is 29.8. The summed E-state index contributed by atoms with van der Waals surface area (Å²) in [5.74, 6) is -12.5. The van der Waals surface area contributed by atoms with Crippen molar-refractivity contribution in [2.75, 3.05) is 0 Å². The van der Waals surface area contributed by atoms with Crippen LogP contribution in [0.2, 0.25) is 0 Å². The Balaban J connectivity index is 1.55. The first-order chi connectivity index (χ1) is 19.5. The number of nitrogens with one attached hydrogen (secondary N) is 1. The molecule has 3 aliphatic carbocycles. The number of phenolic OH excluding ortho intramolecular Hbond substituents is 1. The van der Waals surface area contributed by atoms with E-state index in [1.807, 2.05) is 0 Å². The smallest absolute Gasteiger partial charge is 0.244 e. The van der Waals surface area contributed by atoms with Crippen LogP contribution in [0.15, 0.2) is 27.7 Å². The molecule has 2 unspecified atom stereocenters. The van der Waals surface area contributed by atoms with Gasteiger partial charge in [0, 0.05) is 23.9 Å². The van der Waals surface area contributed by atoms with E-state index < -0.39 is 85.9 Å². The van der Waals surface area contributed by atoms with Gasteiger partial charge in [-0.25, -0.2) is 13.1 Å². The molecule has 1 amide bonds. The second-order valence-electron chi connectivity index (χ2n) is 11.9. The lowest BCUT2D eigenvalue weighted by Gasteiger charge is -2.52. The average Bonchev–Trinajstić information content (AvgIpc) is 3.23. The molecule has 0 radical (unpaired) electrons. The highest BCUT2D eigenvalue weighted by molar-refractivity contribution is 7.89. The normalized spacial score (nSPS) is 29.3. The van der Waals surface area contributed by atoms with Gasteiger partial charge in [-0.15, -0.1) is 0 Å². The van der Waals surface area contributed by atoms with Crippen LogP contribution in [-0.2, 0) is 42.2 Å². The molecule has 12 nitrogen and oxygen atoms in total. The van der Waals surface area contributed by atoms with Crippen LogP contribution in [0, 0.1) is 49.4 Å². The molecule has 13 heteroatoms. The number of primary amides is 1. The Morgan fingerprint density at radius 3 is 2.40 bits per heavy atom. The number of phenols is 1. The number of hydrogen-bond acceptors (Lipinski definition) is 10. The summed E-state index contributed by atoms with van der Waals surface area (Å²) in [7, 11) is -4.02. The van der Waals surface area contributed by atoms with Crippen molar-refractivity contribution in [2.45, 2.75) is 57.6 Å². The number of rotatable bonds is 6. The van der Waals surface area contributed by atoms with Gasteiger partial charge < -0.3 is 20.4 Å². The van der Waals surface area contributed by atoms with Gasteiger partial charge in [0.05, 0.1) is 17.7 Å². The SMILES string of the molecule is Cc1coc(C)c1S(=O)(=O)NCc1ccc(O)c2c1C[C@H]1C[C@H]3[C@H](C(C)C)C(=O)C(C(N)=O)C(=O)[C@@]3(O)C(=O)C1C2=O. The number of carbonyl (C=O) groups is 5. The standard InChI is InChI=1S/C29H32N2O10S/c1-11(2)19-17-8-15-7-16-14(9-31-42(39,40)25-12(3)10-41-13(25)4)5-6-18(32)21(16)24(34)20(15)26(35)29(17,38)27(36)22(23(19)33)28(30)37/h5-6,10-11,15,17,19-20,22,31-32,38H,7-9H2,1-4H3,(H2,30,37)/t15-,17-,19-,20?,22?,29-/m0/s1. The zero-order valence-electron chi connectivity index (χ0n) is 23.5. The molecule has 3 aliphatic rings. The number of carbonyl (C=O) groups excluding carboxylic acids is 5. The molecule has 42 heavy (non-hydrogen) atoms. The van der Waals surface area contributed by atoms with E-state index in [4.69, 9.17) is 10.2 Å². The van der Waals surface area contributed by atoms with Gasteiger partial charge >= 0.3 is 0 Å². The zero-order valence-corrected chi connectivity index (χ0v) is 24.3. The van der Waals surface area contributed by atoms with Gasteiger partial charge in [-0.05, 0) is 55.7 Å². The van der Waals surface area contributed by atoms with E-state index in [2.05, 4.69) is 4.72 Å². The van der Waals surface area contributed by atoms with Gasteiger partial charge in [-0.1, -0.05) is 19.9 Å². The second kappa shape index (κ2) is 9.96. The molecule has 2 aromatic rings. The summed E-state index contributed by atoms with van der Waals surface area (Å²) in [5.41, 5.74) is 3.49. The number of furan rings is 1. The van der Waals surface area contributed by atoms with Crippen LogP contribution >= 0.6 is 0 Å². The van der Waals surface area contributed by atoms with Crippen molar-refractivity contribution >= 4 is 39.1 Å². The number of fused-ring (bicyclic) bond motifs is 3. The molecule has 0 spiro atoms. The number of aliphatic hydroxyl groups is 1. The Morgan fingerprint density at radius 2 is 1.83 bits per heavy atom. The summed E-state index contributed by atoms with van der Waals surface area (Å²) in [6.45, 7) is 6.19. The molecule has 5 N–H and O–H groups in total. The van der Waals surface area contributed by atoms with Crippen molar-refractivity contribution in [2.24, 2.45) is 41.2 Å². The van der Waals surface area contributed by atoms with Gasteiger partial charge in [-0.2, -0.15) is 0 Å². The van der Waals surface area contributed by atoms with Gasteiger partial charge in [0.15, 0.2) is 34.7 Å². The Hall–Kier alpha value is -3.68. The average molecular weight is 601 g/mol. The maximum Gasteiger partial charge on any atom is 0.244 e. The number of nitrogens with two attached hydrogens (primary N) is 1. The summed E-state index contributed by atoms with van der Waals surface area (Å²) in [4.78, 5) is 66.4. The van der Waals surface area contributed by atoms with Crippen LogP contribution in [0.3, 0.4) is 0 Å². The lowest BCUT2D eigenvalue weighted by atomic mass is 9.49. The zero-order chi connectivity index (χ0) is 31.0. The first-order valence-corrected chi connectivity index (χ1v) is 15.1. The summed E-state index contributed by atoms with van der Waals surface area (Å²) in [5, 5.41) is 22.3. The van der Waals surface area contributed by atoms with Crippen LogP contribution in [0.25, 0.3) is 0 Å². The highest BCUT2D eigenvalue weighted by atomic mass is 32.2. The van der Waals surface area contributed by atoms with Crippen molar-refractivity contribution in [3.8, 4) is 5.75 Å². The molecule has 224 valence electrons. The van der Waals surface area contributed by atoms with Crippen LogP contribution in [-0.4, -0.2) is 53.3 Å². The third-order valence-corrected chi connectivity index (χ3v) is 10.8. The fourth-order valence-electron chi connectivity index (χ4n) is 7.29. The highest BCUT2D eigenvalue weighted by Crippen LogP contribution is 2.53. The number of aryl methyl sites for hydroxylation is 2. The second-order valence-corrected chi connectivity index (χ2v) is 13.6. The fraction of sp³-hybridized carbons (Fsp3) is 0.483. The van der Waals surface area contributed by atoms with Crippen LogP contribution in [0.1, 0.15) is 53.1 Å². The van der Waals surface area contributed by atoms with Crippen LogP contribution in [0.4, 0.5) is 0 Å². The molecule has 2 saturated carbocycles. The lowest BCUT2D eigenvalue weighted by Crippen LogP contribution is -2.71. The summed E-state index contributed by atoms with van der Waals surface area (Å²) in [6, 6.07) is 2.69. The van der Waals surface area contributed by atoms with E-state index in [-0.39, 0.29) is 35.6 Å². The molecule has 0 aliphatic heterocycles. The molecular weight excluding hydrogens is 568 g/mol. The Bertz CT molecular complexity index is 1650. The Kier molecular flexibility index (Phi) is 7.06. The number of amides is 1. The molecule has 1 aromatic carbocycles. The monoisotopic (exact) mass is 600 g/mol. The van der Waals surface area contributed by atoms with Crippen LogP contribution < -0.4 is 10.5 Å². The van der Waals surface area contributed by atoms with Crippen LogP contribution in [0.5, 0.6) is 5.75 Å². The Labute approximate surface area is 241 Å². The minimum atomic E-state index is -4.02. The number of benzene rings is 1.